The van der Waals surface area contributed by atoms with Crippen molar-refractivity contribution in [2.75, 3.05) is 0 Å². The Kier molecular flexibility index (Phi) is 2.57. The summed E-state index contributed by atoms with van der Waals surface area (Å²) >= 11 is 0. The van der Waals surface area contributed by atoms with Crippen LogP contribution in [0, 0.1) is 23.2 Å². The molecule has 0 spiro atoms. The van der Waals surface area contributed by atoms with E-state index >= 15 is 0 Å². The van der Waals surface area contributed by atoms with Gasteiger partial charge in [-0.3, -0.25) is 0 Å². The molecule has 2 bridgehead atoms. The summed E-state index contributed by atoms with van der Waals surface area (Å²) in [5, 5.41) is 0. The summed E-state index contributed by atoms with van der Waals surface area (Å²) in [5.74, 6) is 3.68. The van der Waals surface area contributed by atoms with E-state index in [0.29, 0.717) is 5.41 Å². The lowest BCUT2D eigenvalue weighted by molar-refractivity contribution is 0.135. The summed E-state index contributed by atoms with van der Waals surface area (Å²) in [5.41, 5.74) is 2.06. The molecule has 1 aromatic carbocycles. The van der Waals surface area contributed by atoms with Gasteiger partial charge in [-0.05, 0) is 53.9 Å². The molecule has 0 nitrogen and oxygen atoms in total. The predicted octanol–water partition coefficient (Wildman–Crippen LogP) is 4.86. The highest BCUT2D eigenvalue weighted by Gasteiger charge is 2.51. The van der Waals surface area contributed by atoms with E-state index in [0.717, 1.165) is 23.7 Å². The third-order valence-electron chi connectivity index (χ3n) is 5.10. The van der Waals surface area contributed by atoms with Crippen molar-refractivity contribution < 1.29 is 0 Å². The van der Waals surface area contributed by atoms with Crippen molar-refractivity contribution >= 4 is 0 Å². The average Bonchev–Trinajstić information content (AvgIpc) is 2.88. The maximum Gasteiger partial charge on any atom is -0.00975 e. The Bertz CT molecular complexity index is 384. The van der Waals surface area contributed by atoms with E-state index in [-0.39, 0.29) is 0 Å². The molecule has 0 heterocycles. The van der Waals surface area contributed by atoms with Crippen molar-refractivity contribution in [3.05, 3.63) is 35.9 Å². The van der Waals surface area contributed by atoms with Crippen LogP contribution in [0.25, 0.3) is 0 Å². The summed E-state index contributed by atoms with van der Waals surface area (Å²) in [7, 11) is 0. The van der Waals surface area contributed by atoms with E-state index in [9.17, 15) is 0 Å². The van der Waals surface area contributed by atoms with Crippen LogP contribution in [0.5, 0.6) is 0 Å². The molecule has 4 unspecified atom stereocenters. The molecule has 2 aliphatic rings. The lowest BCUT2D eigenvalue weighted by Gasteiger charge is -2.40. The second kappa shape index (κ2) is 3.86. The third-order valence-corrected chi connectivity index (χ3v) is 5.10. The van der Waals surface area contributed by atoms with Crippen LogP contribution in [0.3, 0.4) is 0 Å². The first kappa shape index (κ1) is 11.3. The van der Waals surface area contributed by atoms with Crippen molar-refractivity contribution in [3.63, 3.8) is 0 Å². The second-order valence-corrected chi connectivity index (χ2v) is 7.16. The molecule has 4 atom stereocenters. The molecule has 0 N–H and O–H groups in total. The molecule has 3 rings (SSSR count). The van der Waals surface area contributed by atoms with Crippen LogP contribution >= 0.6 is 0 Å². The summed E-state index contributed by atoms with van der Waals surface area (Å²) in [6, 6.07) is 11.3. The van der Waals surface area contributed by atoms with Gasteiger partial charge in [0.1, 0.15) is 0 Å². The lowest BCUT2D eigenvalue weighted by atomic mass is 9.64. The Balaban J connectivity index is 1.97. The van der Waals surface area contributed by atoms with Gasteiger partial charge in [-0.15, -0.1) is 0 Å². The van der Waals surface area contributed by atoms with Crippen LogP contribution in [-0.2, 0) is 0 Å². The molecular formula is C17H24. The van der Waals surface area contributed by atoms with Crippen LogP contribution in [0.4, 0.5) is 0 Å². The number of benzene rings is 1. The smallest absolute Gasteiger partial charge is 0.00975 e. The van der Waals surface area contributed by atoms with Crippen LogP contribution in [0.2, 0.25) is 0 Å². The molecule has 1 aromatic rings. The van der Waals surface area contributed by atoms with Gasteiger partial charge in [-0.25, -0.2) is 0 Å². The Morgan fingerprint density at radius 1 is 0.941 bits per heavy atom. The first-order valence-electron chi connectivity index (χ1n) is 7.12. The number of hydrogen-bond donors (Lipinski definition) is 0. The molecule has 0 amide bonds. The van der Waals surface area contributed by atoms with Crippen molar-refractivity contribution in [1.82, 2.24) is 0 Å². The highest BCUT2D eigenvalue weighted by molar-refractivity contribution is 5.25. The monoisotopic (exact) mass is 228 g/mol. The topological polar surface area (TPSA) is 0 Å². The fourth-order valence-electron chi connectivity index (χ4n) is 4.69. The first-order chi connectivity index (χ1) is 8.07. The first-order valence-corrected chi connectivity index (χ1v) is 7.12. The standard InChI is InChI=1S/C17H24/c1-17(2,3)16-14-10-9-13(11-14)15(16)12-7-5-4-6-8-12/h4-8,13-16H,9-11H2,1-3H3. The zero-order valence-electron chi connectivity index (χ0n) is 11.3. The summed E-state index contributed by atoms with van der Waals surface area (Å²) in [4.78, 5) is 0. The molecule has 92 valence electrons. The summed E-state index contributed by atoms with van der Waals surface area (Å²) in [6.07, 6.45) is 4.44. The highest BCUT2D eigenvalue weighted by Crippen LogP contribution is 2.61. The fourth-order valence-corrected chi connectivity index (χ4v) is 4.69. The van der Waals surface area contributed by atoms with Gasteiger partial charge in [0, 0.05) is 0 Å². The molecule has 2 fully saturated rings. The van der Waals surface area contributed by atoms with Gasteiger partial charge in [0.25, 0.3) is 0 Å². The van der Waals surface area contributed by atoms with Crippen LogP contribution in [0.15, 0.2) is 30.3 Å². The molecule has 0 saturated heterocycles. The summed E-state index contributed by atoms with van der Waals surface area (Å²) in [6.45, 7) is 7.32. The van der Waals surface area contributed by atoms with Crippen molar-refractivity contribution in [2.45, 2.75) is 46.0 Å². The quantitative estimate of drug-likeness (QED) is 0.643. The van der Waals surface area contributed by atoms with Gasteiger partial charge in [0.05, 0.1) is 0 Å². The van der Waals surface area contributed by atoms with Gasteiger partial charge in [0.15, 0.2) is 0 Å². The van der Waals surface area contributed by atoms with Gasteiger partial charge in [0.2, 0.25) is 0 Å². The Morgan fingerprint density at radius 3 is 2.24 bits per heavy atom. The van der Waals surface area contributed by atoms with E-state index in [4.69, 9.17) is 0 Å². The number of fused-ring (bicyclic) bond motifs is 2. The molecular weight excluding hydrogens is 204 g/mol. The summed E-state index contributed by atoms with van der Waals surface area (Å²) < 4.78 is 0. The third kappa shape index (κ3) is 1.82. The van der Waals surface area contributed by atoms with Crippen molar-refractivity contribution in [2.24, 2.45) is 23.2 Å². The largest absolute Gasteiger partial charge is 0.0622 e. The molecule has 0 aliphatic heterocycles. The average molecular weight is 228 g/mol. The maximum atomic E-state index is 2.44. The number of rotatable bonds is 1. The fraction of sp³-hybridized carbons (Fsp3) is 0.647. The Morgan fingerprint density at radius 2 is 1.59 bits per heavy atom. The van der Waals surface area contributed by atoms with E-state index in [1.807, 2.05) is 0 Å². The molecule has 0 aromatic heterocycles. The van der Waals surface area contributed by atoms with Crippen LogP contribution in [-0.4, -0.2) is 0 Å². The minimum atomic E-state index is 0.459. The normalized spacial score (nSPS) is 36.4. The van der Waals surface area contributed by atoms with Crippen LogP contribution in [0.1, 0.15) is 51.5 Å². The van der Waals surface area contributed by atoms with E-state index in [1.165, 1.54) is 19.3 Å². The Labute approximate surface area is 105 Å². The lowest BCUT2D eigenvalue weighted by Crippen LogP contribution is -2.31. The molecule has 0 heteroatoms. The zero-order chi connectivity index (χ0) is 12.0. The number of hydrogen-bond acceptors (Lipinski definition) is 0. The van der Waals surface area contributed by atoms with Gasteiger partial charge in [-0.1, -0.05) is 51.1 Å². The highest BCUT2D eigenvalue weighted by atomic mass is 14.6. The van der Waals surface area contributed by atoms with Crippen molar-refractivity contribution in [3.8, 4) is 0 Å². The minimum Gasteiger partial charge on any atom is -0.0622 e. The minimum absolute atomic E-state index is 0.459. The molecule has 17 heavy (non-hydrogen) atoms. The Hall–Kier alpha value is -0.780. The van der Waals surface area contributed by atoms with Gasteiger partial charge >= 0.3 is 0 Å². The maximum absolute atomic E-state index is 2.44. The molecule has 0 radical (unpaired) electrons. The van der Waals surface area contributed by atoms with E-state index in [2.05, 4.69) is 51.1 Å². The van der Waals surface area contributed by atoms with E-state index in [1.54, 1.807) is 5.56 Å². The predicted molar refractivity (Wildman–Crippen MR) is 73.0 cm³/mol. The van der Waals surface area contributed by atoms with Gasteiger partial charge < -0.3 is 0 Å². The van der Waals surface area contributed by atoms with Gasteiger partial charge in [-0.2, -0.15) is 0 Å². The molecule has 2 saturated carbocycles. The molecule has 2 aliphatic carbocycles. The second-order valence-electron chi connectivity index (χ2n) is 7.16. The van der Waals surface area contributed by atoms with Crippen molar-refractivity contribution in [1.29, 1.82) is 0 Å². The van der Waals surface area contributed by atoms with Crippen LogP contribution < -0.4 is 0 Å². The SMILES string of the molecule is CC(C)(C)C1C2CCC(C2)C1c1ccccc1. The zero-order valence-corrected chi connectivity index (χ0v) is 11.3. The van der Waals surface area contributed by atoms with E-state index < -0.39 is 0 Å².